The summed E-state index contributed by atoms with van der Waals surface area (Å²) >= 11 is 0. The molecule has 1 aromatic heterocycles. The number of benzene rings is 1. The first-order chi connectivity index (χ1) is 9.78. The SMILES string of the molecule is CC1(C)OB(c2ccc(-c3cc(N)no3)cc2)OC1(C)C. The van der Waals surface area contributed by atoms with Crippen LogP contribution in [0.3, 0.4) is 0 Å². The van der Waals surface area contributed by atoms with E-state index in [9.17, 15) is 0 Å². The van der Waals surface area contributed by atoms with E-state index >= 15 is 0 Å². The molecule has 0 spiro atoms. The summed E-state index contributed by atoms with van der Waals surface area (Å²) in [5, 5.41) is 3.68. The van der Waals surface area contributed by atoms with Crippen molar-refractivity contribution >= 4 is 18.4 Å². The Hall–Kier alpha value is -1.79. The molecule has 0 amide bonds. The van der Waals surface area contributed by atoms with E-state index in [4.69, 9.17) is 19.6 Å². The Kier molecular flexibility index (Phi) is 3.11. The van der Waals surface area contributed by atoms with Crippen LogP contribution in [0.15, 0.2) is 34.9 Å². The molecular weight excluding hydrogens is 267 g/mol. The Morgan fingerprint density at radius 3 is 2.05 bits per heavy atom. The zero-order valence-corrected chi connectivity index (χ0v) is 12.7. The van der Waals surface area contributed by atoms with Gasteiger partial charge in [0.1, 0.15) is 0 Å². The summed E-state index contributed by atoms with van der Waals surface area (Å²) in [6.07, 6.45) is 0. The van der Waals surface area contributed by atoms with Crippen LogP contribution >= 0.6 is 0 Å². The fraction of sp³-hybridized carbons (Fsp3) is 0.400. The molecule has 1 aliphatic rings. The lowest BCUT2D eigenvalue weighted by Crippen LogP contribution is -2.41. The first-order valence-electron chi connectivity index (χ1n) is 6.97. The first kappa shape index (κ1) is 14.2. The second-order valence-electron chi connectivity index (χ2n) is 6.33. The van der Waals surface area contributed by atoms with Crippen molar-refractivity contribution in [3.05, 3.63) is 30.3 Å². The van der Waals surface area contributed by atoms with Gasteiger partial charge in [-0.15, -0.1) is 0 Å². The summed E-state index contributed by atoms with van der Waals surface area (Å²) in [5.74, 6) is 1.02. The van der Waals surface area contributed by atoms with E-state index < -0.39 is 0 Å². The lowest BCUT2D eigenvalue weighted by molar-refractivity contribution is 0.00578. The van der Waals surface area contributed by atoms with Crippen molar-refractivity contribution in [2.24, 2.45) is 0 Å². The molecule has 21 heavy (non-hydrogen) atoms. The van der Waals surface area contributed by atoms with E-state index in [1.807, 2.05) is 52.0 Å². The van der Waals surface area contributed by atoms with E-state index in [0.29, 0.717) is 11.6 Å². The number of hydrogen-bond donors (Lipinski definition) is 1. The van der Waals surface area contributed by atoms with Gasteiger partial charge in [0.05, 0.1) is 11.2 Å². The van der Waals surface area contributed by atoms with Gasteiger partial charge in [0.15, 0.2) is 11.6 Å². The van der Waals surface area contributed by atoms with Crippen molar-refractivity contribution in [1.82, 2.24) is 5.16 Å². The maximum absolute atomic E-state index is 6.02. The number of aromatic nitrogens is 1. The highest BCUT2D eigenvalue weighted by Crippen LogP contribution is 2.36. The van der Waals surface area contributed by atoms with E-state index in [1.165, 1.54) is 0 Å². The molecule has 1 saturated heterocycles. The van der Waals surface area contributed by atoms with E-state index in [1.54, 1.807) is 6.07 Å². The number of hydrogen-bond acceptors (Lipinski definition) is 5. The average molecular weight is 286 g/mol. The zero-order valence-electron chi connectivity index (χ0n) is 12.7. The van der Waals surface area contributed by atoms with Crippen LogP contribution in [0.25, 0.3) is 11.3 Å². The Morgan fingerprint density at radius 1 is 1.00 bits per heavy atom. The predicted octanol–water partition coefficient (Wildman–Crippen LogP) is 2.22. The number of rotatable bonds is 2. The lowest BCUT2D eigenvalue weighted by atomic mass is 9.79. The van der Waals surface area contributed by atoms with Crippen LogP contribution in [0.5, 0.6) is 0 Å². The van der Waals surface area contributed by atoms with Crippen LogP contribution in [-0.4, -0.2) is 23.5 Å². The zero-order chi connectivity index (χ0) is 15.3. The van der Waals surface area contributed by atoms with Crippen molar-refractivity contribution < 1.29 is 13.8 Å². The fourth-order valence-electron chi connectivity index (χ4n) is 2.21. The number of nitrogen functional groups attached to an aromatic ring is 1. The summed E-state index contributed by atoms with van der Waals surface area (Å²) in [6.45, 7) is 8.16. The number of anilines is 1. The summed E-state index contributed by atoms with van der Waals surface area (Å²) in [4.78, 5) is 0. The second-order valence-corrected chi connectivity index (χ2v) is 6.33. The van der Waals surface area contributed by atoms with Gasteiger partial charge in [0.2, 0.25) is 0 Å². The molecule has 0 saturated carbocycles. The summed E-state index contributed by atoms with van der Waals surface area (Å²) < 4.78 is 17.2. The van der Waals surface area contributed by atoms with Gasteiger partial charge in [-0.05, 0) is 33.2 Å². The summed E-state index contributed by atoms with van der Waals surface area (Å²) in [5.41, 5.74) is 6.78. The molecule has 1 aliphatic heterocycles. The molecule has 110 valence electrons. The van der Waals surface area contributed by atoms with Gasteiger partial charge in [0, 0.05) is 11.6 Å². The Labute approximate surface area is 124 Å². The second kappa shape index (κ2) is 4.61. The Bertz CT molecular complexity index is 633. The molecule has 6 heteroatoms. The van der Waals surface area contributed by atoms with Gasteiger partial charge in [-0.25, -0.2) is 0 Å². The molecule has 2 heterocycles. The van der Waals surface area contributed by atoms with Gasteiger partial charge in [-0.3, -0.25) is 0 Å². The highest BCUT2D eigenvalue weighted by Gasteiger charge is 2.51. The van der Waals surface area contributed by atoms with Crippen LogP contribution in [0.1, 0.15) is 27.7 Å². The summed E-state index contributed by atoms with van der Waals surface area (Å²) in [7, 11) is -0.358. The molecule has 3 rings (SSSR count). The maximum atomic E-state index is 6.02. The average Bonchev–Trinajstić information content (AvgIpc) is 2.92. The van der Waals surface area contributed by atoms with Gasteiger partial charge in [-0.2, -0.15) is 0 Å². The monoisotopic (exact) mass is 286 g/mol. The minimum Gasteiger partial charge on any atom is -0.399 e. The molecule has 2 N–H and O–H groups in total. The van der Waals surface area contributed by atoms with E-state index in [2.05, 4.69) is 5.16 Å². The summed E-state index contributed by atoms with van der Waals surface area (Å²) in [6, 6.07) is 9.52. The molecule has 0 unspecified atom stereocenters. The van der Waals surface area contributed by atoms with Gasteiger partial charge in [-0.1, -0.05) is 29.4 Å². The quantitative estimate of drug-likeness (QED) is 0.857. The van der Waals surface area contributed by atoms with Crippen LogP contribution in [-0.2, 0) is 9.31 Å². The standard InChI is InChI=1S/C15H19BN2O3/c1-14(2)15(3,4)21-16(20-14)11-7-5-10(6-8-11)12-9-13(17)18-19-12/h5-9H,1-4H3,(H2,17,18). The topological polar surface area (TPSA) is 70.5 Å². The highest BCUT2D eigenvalue weighted by atomic mass is 16.7. The van der Waals surface area contributed by atoms with Crippen molar-refractivity contribution in [2.75, 3.05) is 5.73 Å². The fourth-order valence-corrected chi connectivity index (χ4v) is 2.21. The van der Waals surface area contributed by atoms with Crippen molar-refractivity contribution in [1.29, 1.82) is 0 Å². The van der Waals surface area contributed by atoms with Gasteiger partial charge in [0.25, 0.3) is 0 Å². The Balaban J connectivity index is 1.83. The van der Waals surface area contributed by atoms with E-state index in [0.717, 1.165) is 11.0 Å². The van der Waals surface area contributed by atoms with Gasteiger partial charge < -0.3 is 19.6 Å². The minimum absolute atomic E-state index is 0.338. The van der Waals surface area contributed by atoms with E-state index in [-0.39, 0.29) is 18.3 Å². The lowest BCUT2D eigenvalue weighted by Gasteiger charge is -2.32. The molecular formula is C15H19BN2O3. The van der Waals surface area contributed by atoms with Crippen molar-refractivity contribution in [2.45, 2.75) is 38.9 Å². The van der Waals surface area contributed by atoms with Crippen LogP contribution in [0.2, 0.25) is 0 Å². The third-order valence-electron chi connectivity index (χ3n) is 4.25. The van der Waals surface area contributed by atoms with Crippen LogP contribution < -0.4 is 11.2 Å². The highest BCUT2D eigenvalue weighted by molar-refractivity contribution is 6.62. The predicted molar refractivity (Wildman–Crippen MR) is 82.1 cm³/mol. The first-order valence-corrected chi connectivity index (χ1v) is 6.97. The molecule has 0 atom stereocenters. The van der Waals surface area contributed by atoms with Crippen LogP contribution in [0, 0.1) is 0 Å². The molecule has 2 aromatic rings. The van der Waals surface area contributed by atoms with Crippen molar-refractivity contribution in [3.63, 3.8) is 0 Å². The third kappa shape index (κ3) is 2.45. The van der Waals surface area contributed by atoms with Gasteiger partial charge >= 0.3 is 7.12 Å². The molecule has 0 aliphatic carbocycles. The number of nitrogens with zero attached hydrogens (tertiary/aromatic N) is 1. The molecule has 0 bridgehead atoms. The van der Waals surface area contributed by atoms with Crippen LogP contribution in [0.4, 0.5) is 5.82 Å². The maximum Gasteiger partial charge on any atom is 0.494 e. The molecule has 0 radical (unpaired) electrons. The molecule has 1 aromatic carbocycles. The molecule has 5 nitrogen and oxygen atoms in total. The largest absolute Gasteiger partial charge is 0.494 e. The number of nitrogens with two attached hydrogens (primary N) is 1. The smallest absolute Gasteiger partial charge is 0.399 e. The minimum atomic E-state index is -0.358. The normalized spacial score (nSPS) is 19.9. The molecule has 1 fully saturated rings. The van der Waals surface area contributed by atoms with Crippen molar-refractivity contribution in [3.8, 4) is 11.3 Å². The Morgan fingerprint density at radius 2 is 1.57 bits per heavy atom. The third-order valence-corrected chi connectivity index (χ3v) is 4.25.